The van der Waals surface area contributed by atoms with Crippen LogP contribution in [0.4, 0.5) is 0 Å². The summed E-state index contributed by atoms with van der Waals surface area (Å²) in [6.07, 6.45) is 0. The van der Waals surface area contributed by atoms with Gasteiger partial charge in [0, 0.05) is 16.0 Å². The normalized spacial score (nSPS) is 12.5. The number of thioether (sulfide) groups is 1. The standard InChI is InChI=1S/C16H14ClN3O2S2/c1-7-5-9(3-4-11(7)17)10-6-23-15-12(10)14(22)19-16(20-15)24-8(2)13(18)21/h3-6,8H,1-2H3,(H2,18,21)(H,19,20,22). The highest BCUT2D eigenvalue weighted by molar-refractivity contribution is 8.00. The smallest absolute Gasteiger partial charge is 0.260 e. The highest BCUT2D eigenvalue weighted by Crippen LogP contribution is 2.33. The first-order valence-electron chi connectivity index (χ1n) is 7.11. The van der Waals surface area contributed by atoms with Gasteiger partial charge in [0.25, 0.3) is 5.56 Å². The third-order valence-corrected chi connectivity index (χ3v) is 5.88. The highest BCUT2D eigenvalue weighted by Gasteiger charge is 2.16. The number of benzene rings is 1. The molecule has 0 aliphatic carbocycles. The van der Waals surface area contributed by atoms with Crippen LogP contribution in [0, 0.1) is 6.92 Å². The molecule has 124 valence electrons. The van der Waals surface area contributed by atoms with Crippen LogP contribution >= 0.6 is 34.7 Å². The molecule has 1 atom stereocenters. The molecule has 3 rings (SSSR count). The van der Waals surface area contributed by atoms with E-state index in [2.05, 4.69) is 9.97 Å². The van der Waals surface area contributed by atoms with Crippen LogP contribution in [0.15, 0.2) is 33.5 Å². The second-order valence-corrected chi connectivity index (χ2v) is 7.92. The van der Waals surface area contributed by atoms with Crippen molar-refractivity contribution in [2.24, 2.45) is 5.73 Å². The maximum atomic E-state index is 12.5. The van der Waals surface area contributed by atoms with E-state index in [-0.39, 0.29) is 5.56 Å². The first kappa shape index (κ1) is 17.0. The monoisotopic (exact) mass is 379 g/mol. The first-order chi connectivity index (χ1) is 11.4. The Bertz CT molecular complexity index is 997. The van der Waals surface area contributed by atoms with Gasteiger partial charge in [-0.3, -0.25) is 9.59 Å². The number of nitrogens with one attached hydrogen (secondary N) is 1. The molecule has 0 spiro atoms. The Morgan fingerprint density at radius 3 is 2.88 bits per heavy atom. The summed E-state index contributed by atoms with van der Waals surface area (Å²) in [4.78, 5) is 31.5. The van der Waals surface area contributed by atoms with Gasteiger partial charge < -0.3 is 10.7 Å². The average Bonchev–Trinajstić information content (AvgIpc) is 2.94. The molecule has 0 radical (unpaired) electrons. The number of amides is 1. The molecule has 0 saturated heterocycles. The fraction of sp³-hybridized carbons (Fsp3) is 0.188. The summed E-state index contributed by atoms with van der Waals surface area (Å²) in [6.45, 7) is 3.59. The SMILES string of the molecule is Cc1cc(-c2csc3nc(SC(C)C(N)=O)[nH]c(=O)c23)ccc1Cl. The lowest BCUT2D eigenvalue weighted by atomic mass is 10.0. The van der Waals surface area contributed by atoms with Crippen molar-refractivity contribution in [3.63, 3.8) is 0 Å². The molecule has 0 bridgehead atoms. The Morgan fingerprint density at radius 2 is 2.21 bits per heavy atom. The molecule has 3 aromatic rings. The number of aromatic amines is 1. The van der Waals surface area contributed by atoms with E-state index in [1.165, 1.54) is 11.3 Å². The maximum absolute atomic E-state index is 12.5. The molecule has 1 unspecified atom stereocenters. The first-order valence-corrected chi connectivity index (χ1v) is 9.24. The highest BCUT2D eigenvalue weighted by atomic mass is 35.5. The molecule has 0 saturated carbocycles. The summed E-state index contributed by atoms with van der Waals surface area (Å²) >= 11 is 8.60. The zero-order valence-corrected chi connectivity index (χ0v) is 15.3. The topological polar surface area (TPSA) is 88.8 Å². The Balaban J connectivity index is 2.08. The number of aromatic nitrogens is 2. The van der Waals surface area contributed by atoms with Crippen LogP contribution in [0.1, 0.15) is 12.5 Å². The average molecular weight is 380 g/mol. The number of halogens is 1. The summed E-state index contributed by atoms with van der Waals surface area (Å²) < 4.78 is 0. The maximum Gasteiger partial charge on any atom is 0.260 e. The van der Waals surface area contributed by atoms with Crippen molar-refractivity contribution in [3.8, 4) is 11.1 Å². The second-order valence-electron chi connectivity index (χ2n) is 5.33. The number of thiophene rings is 1. The van der Waals surface area contributed by atoms with E-state index in [4.69, 9.17) is 17.3 Å². The van der Waals surface area contributed by atoms with Gasteiger partial charge in [0.2, 0.25) is 5.91 Å². The molecule has 1 amide bonds. The van der Waals surface area contributed by atoms with E-state index in [1.807, 2.05) is 30.5 Å². The lowest BCUT2D eigenvalue weighted by molar-refractivity contribution is -0.117. The molecule has 24 heavy (non-hydrogen) atoms. The molecule has 2 aromatic heterocycles. The summed E-state index contributed by atoms with van der Waals surface area (Å²) in [5.74, 6) is -0.453. The van der Waals surface area contributed by atoms with Gasteiger partial charge >= 0.3 is 0 Å². The number of nitrogens with zero attached hydrogens (tertiary/aromatic N) is 1. The van der Waals surface area contributed by atoms with Crippen molar-refractivity contribution in [1.29, 1.82) is 0 Å². The third kappa shape index (κ3) is 3.19. The molecule has 8 heteroatoms. The quantitative estimate of drug-likeness (QED) is 0.535. The number of primary amides is 1. The van der Waals surface area contributed by atoms with E-state index >= 15 is 0 Å². The van der Waals surface area contributed by atoms with Crippen molar-refractivity contribution >= 4 is 50.8 Å². The predicted octanol–water partition coefficient (Wildman–Crippen LogP) is 3.58. The minimum Gasteiger partial charge on any atom is -0.369 e. The largest absolute Gasteiger partial charge is 0.369 e. The fourth-order valence-corrected chi connectivity index (χ4v) is 4.11. The number of carbonyl (C=O) groups is 1. The minimum absolute atomic E-state index is 0.233. The van der Waals surface area contributed by atoms with Gasteiger partial charge in [0.05, 0.1) is 10.6 Å². The molecular formula is C16H14ClN3O2S2. The molecule has 3 N–H and O–H groups in total. The molecule has 0 aliphatic rings. The number of fused-ring (bicyclic) bond motifs is 1. The van der Waals surface area contributed by atoms with E-state index in [0.717, 1.165) is 28.5 Å². The van der Waals surface area contributed by atoms with E-state index < -0.39 is 11.2 Å². The number of hydrogen-bond acceptors (Lipinski definition) is 5. The van der Waals surface area contributed by atoms with Crippen molar-refractivity contribution < 1.29 is 4.79 Å². The van der Waals surface area contributed by atoms with Gasteiger partial charge in [0.15, 0.2) is 5.16 Å². The van der Waals surface area contributed by atoms with E-state index in [9.17, 15) is 9.59 Å². The van der Waals surface area contributed by atoms with Crippen molar-refractivity contribution in [2.45, 2.75) is 24.3 Å². The van der Waals surface area contributed by atoms with Gasteiger partial charge in [0.1, 0.15) is 4.83 Å². The van der Waals surface area contributed by atoms with Crippen molar-refractivity contribution in [1.82, 2.24) is 9.97 Å². The number of nitrogens with two attached hydrogens (primary N) is 1. The van der Waals surface area contributed by atoms with Gasteiger partial charge in [-0.2, -0.15) is 0 Å². The van der Waals surface area contributed by atoms with E-state index in [1.54, 1.807) is 6.92 Å². The molecule has 5 nitrogen and oxygen atoms in total. The lowest BCUT2D eigenvalue weighted by Crippen LogP contribution is -2.23. The number of aryl methyl sites for hydroxylation is 1. The predicted molar refractivity (Wildman–Crippen MR) is 99.9 cm³/mol. The molecule has 2 heterocycles. The van der Waals surface area contributed by atoms with Crippen LogP contribution in [0.2, 0.25) is 5.02 Å². The Morgan fingerprint density at radius 1 is 1.46 bits per heavy atom. The molecule has 1 aromatic carbocycles. The second kappa shape index (κ2) is 6.58. The number of hydrogen-bond donors (Lipinski definition) is 2. The Hall–Kier alpha value is -1.83. The number of rotatable bonds is 4. The third-order valence-electron chi connectivity index (χ3n) is 3.58. The number of carbonyl (C=O) groups excluding carboxylic acids is 1. The lowest BCUT2D eigenvalue weighted by Gasteiger charge is -2.06. The van der Waals surface area contributed by atoms with Crippen LogP contribution in [0.25, 0.3) is 21.3 Å². The summed E-state index contributed by atoms with van der Waals surface area (Å²) in [5, 5.41) is 3.05. The minimum atomic E-state index is -0.469. The van der Waals surface area contributed by atoms with Gasteiger partial charge in [-0.25, -0.2) is 4.98 Å². The van der Waals surface area contributed by atoms with Crippen LogP contribution < -0.4 is 11.3 Å². The summed E-state index contributed by atoms with van der Waals surface area (Å²) in [5.41, 5.74) is 7.70. The molecular weight excluding hydrogens is 366 g/mol. The van der Waals surface area contributed by atoms with Gasteiger partial charge in [-0.15, -0.1) is 11.3 Å². The Labute approximate surface area is 151 Å². The van der Waals surface area contributed by atoms with Crippen molar-refractivity contribution in [2.75, 3.05) is 0 Å². The zero-order chi connectivity index (χ0) is 17.4. The van der Waals surface area contributed by atoms with Crippen LogP contribution in [-0.4, -0.2) is 21.1 Å². The zero-order valence-electron chi connectivity index (χ0n) is 12.9. The number of H-pyrrole nitrogens is 1. The van der Waals surface area contributed by atoms with Crippen LogP contribution in [0.5, 0.6) is 0 Å². The molecule has 0 aliphatic heterocycles. The van der Waals surface area contributed by atoms with E-state index in [0.29, 0.717) is 20.4 Å². The van der Waals surface area contributed by atoms with Gasteiger partial charge in [-0.05, 0) is 37.1 Å². The van der Waals surface area contributed by atoms with Crippen LogP contribution in [-0.2, 0) is 4.79 Å². The fourth-order valence-electron chi connectivity index (χ4n) is 2.24. The summed E-state index contributed by atoms with van der Waals surface area (Å²) in [6, 6.07) is 5.64. The molecule has 0 fully saturated rings. The van der Waals surface area contributed by atoms with Crippen molar-refractivity contribution in [3.05, 3.63) is 44.5 Å². The van der Waals surface area contributed by atoms with Crippen LogP contribution in [0.3, 0.4) is 0 Å². The summed E-state index contributed by atoms with van der Waals surface area (Å²) in [7, 11) is 0. The van der Waals surface area contributed by atoms with Gasteiger partial charge in [-0.1, -0.05) is 29.4 Å². The Kier molecular flexibility index (Phi) is 4.67.